The molecule has 0 aliphatic carbocycles. The molecule has 0 aromatic carbocycles. The molecule has 0 aliphatic rings. The van der Waals surface area contributed by atoms with Crippen LogP contribution in [0.1, 0.15) is 53.1 Å². The molecular formula is C24H27F3N6O4S. The van der Waals surface area contributed by atoms with Gasteiger partial charge in [-0.1, -0.05) is 0 Å². The molecule has 38 heavy (non-hydrogen) atoms. The van der Waals surface area contributed by atoms with E-state index in [0.717, 1.165) is 17.7 Å². The van der Waals surface area contributed by atoms with E-state index in [1.54, 1.807) is 46.9 Å². The van der Waals surface area contributed by atoms with E-state index in [-0.39, 0.29) is 25.3 Å². The van der Waals surface area contributed by atoms with Crippen LogP contribution in [-0.4, -0.2) is 62.0 Å². The molecule has 14 heteroatoms. The first-order valence-corrected chi connectivity index (χ1v) is 12.2. The number of alkyl halides is 3. The third-order valence-corrected chi connectivity index (χ3v) is 5.81. The minimum atomic E-state index is -4.58. The number of amides is 2. The van der Waals surface area contributed by atoms with Gasteiger partial charge in [0.05, 0.1) is 41.6 Å². The number of pyridine rings is 1. The number of halogens is 3. The maximum absolute atomic E-state index is 12.9. The van der Waals surface area contributed by atoms with Crippen LogP contribution >= 0.6 is 11.5 Å². The average molecular weight is 553 g/mol. The van der Waals surface area contributed by atoms with Gasteiger partial charge in [-0.2, -0.15) is 17.5 Å². The summed E-state index contributed by atoms with van der Waals surface area (Å²) >= 11 is 1.06. The Morgan fingerprint density at radius 2 is 1.82 bits per heavy atom. The van der Waals surface area contributed by atoms with E-state index in [9.17, 15) is 22.8 Å². The summed E-state index contributed by atoms with van der Waals surface area (Å²) in [6.07, 6.45) is -1.83. The fraction of sp³-hybridized carbons (Fsp3) is 0.417. The molecule has 204 valence electrons. The first-order chi connectivity index (χ1) is 17.7. The SMILES string of the molecule is Cc1nsc(Cc2cnc(C(F)(F)F)cn2)c1C(=O)Nc1ccc(OCCN(C)C(=O)OC(C)(C)C)nc1. The second-order valence-electron chi connectivity index (χ2n) is 9.22. The Morgan fingerprint density at radius 1 is 1.08 bits per heavy atom. The molecule has 0 aliphatic heterocycles. The number of anilines is 1. The lowest BCUT2D eigenvalue weighted by atomic mass is 10.1. The minimum absolute atomic E-state index is 0.0994. The van der Waals surface area contributed by atoms with Gasteiger partial charge in [0.15, 0.2) is 5.69 Å². The number of aromatic nitrogens is 4. The van der Waals surface area contributed by atoms with E-state index in [1.807, 2.05) is 0 Å². The largest absolute Gasteiger partial charge is 0.476 e. The Hall–Kier alpha value is -3.81. The van der Waals surface area contributed by atoms with Crippen molar-refractivity contribution >= 4 is 29.2 Å². The Labute approximate surface area is 221 Å². The van der Waals surface area contributed by atoms with Gasteiger partial charge in [0.2, 0.25) is 5.88 Å². The summed E-state index contributed by atoms with van der Waals surface area (Å²) in [7, 11) is 1.60. The second kappa shape index (κ2) is 11.7. The van der Waals surface area contributed by atoms with Crippen LogP contribution in [0.2, 0.25) is 0 Å². The standard InChI is InChI=1S/C24H27F3N6O4S/c1-14-20(17(38-32-14)10-16-12-29-18(13-28-16)24(25,26)27)21(34)31-15-6-7-19(30-11-15)36-9-8-33(5)22(35)37-23(2,3)4/h6-7,11-13H,8-10H2,1-5H3,(H,31,34). The normalized spacial score (nSPS) is 11.7. The fourth-order valence-electron chi connectivity index (χ4n) is 3.04. The molecule has 10 nitrogen and oxygen atoms in total. The molecule has 0 saturated heterocycles. The van der Waals surface area contributed by atoms with E-state index in [2.05, 4.69) is 24.6 Å². The zero-order valence-electron chi connectivity index (χ0n) is 21.4. The molecule has 0 radical (unpaired) electrons. The number of likely N-dealkylation sites (N-methyl/N-ethyl adjacent to an activating group) is 1. The number of carbonyl (C=O) groups excluding carboxylic acids is 2. The van der Waals surface area contributed by atoms with E-state index >= 15 is 0 Å². The number of nitrogens with one attached hydrogen (secondary N) is 1. The number of carbonyl (C=O) groups is 2. The number of hydrogen-bond donors (Lipinski definition) is 1. The van der Waals surface area contributed by atoms with E-state index in [1.165, 1.54) is 11.1 Å². The summed E-state index contributed by atoms with van der Waals surface area (Å²) in [6.45, 7) is 7.48. The molecular weight excluding hydrogens is 525 g/mol. The van der Waals surface area contributed by atoms with Gasteiger partial charge >= 0.3 is 12.3 Å². The van der Waals surface area contributed by atoms with Crippen molar-refractivity contribution in [1.82, 2.24) is 24.2 Å². The van der Waals surface area contributed by atoms with Gasteiger partial charge in [-0.05, 0) is 45.3 Å². The Kier molecular flexibility index (Phi) is 8.86. The molecule has 3 heterocycles. The predicted molar refractivity (Wildman–Crippen MR) is 133 cm³/mol. The van der Waals surface area contributed by atoms with Crippen molar-refractivity contribution in [2.45, 2.75) is 45.9 Å². The highest BCUT2D eigenvalue weighted by atomic mass is 32.1. The number of hydrogen-bond acceptors (Lipinski definition) is 9. The van der Waals surface area contributed by atoms with Crippen LogP contribution in [0, 0.1) is 6.92 Å². The Bertz CT molecular complexity index is 1260. The molecule has 0 saturated carbocycles. The smallest absolute Gasteiger partial charge is 0.434 e. The van der Waals surface area contributed by atoms with Gasteiger partial charge < -0.3 is 19.7 Å². The van der Waals surface area contributed by atoms with Gasteiger partial charge in [0, 0.05) is 30.6 Å². The summed E-state index contributed by atoms with van der Waals surface area (Å²) in [4.78, 5) is 38.3. The zero-order valence-corrected chi connectivity index (χ0v) is 22.2. The van der Waals surface area contributed by atoms with E-state index in [4.69, 9.17) is 9.47 Å². The van der Waals surface area contributed by atoms with E-state index < -0.39 is 29.5 Å². The van der Waals surface area contributed by atoms with Crippen molar-refractivity contribution in [3.8, 4) is 5.88 Å². The molecule has 3 aromatic rings. The van der Waals surface area contributed by atoms with Crippen molar-refractivity contribution in [3.63, 3.8) is 0 Å². The van der Waals surface area contributed by atoms with Crippen molar-refractivity contribution < 1.29 is 32.2 Å². The predicted octanol–water partition coefficient (Wildman–Crippen LogP) is 4.74. The number of rotatable bonds is 8. The van der Waals surface area contributed by atoms with Crippen LogP contribution in [-0.2, 0) is 17.3 Å². The van der Waals surface area contributed by atoms with Gasteiger partial charge in [0.25, 0.3) is 5.91 Å². The Morgan fingerprint density at radius 3 is 2.39 bits per heavy atom. The molecule has 0 fully saturated rings. The number of ether oxygens (including phenoxy) is 2. The first-order valence-electron chi connectivity index (χ1n) is 11.4. The highest BCUT2D eigenvalue weighted by molar-refractivity contribution is 7.06. The second-order valence-corrected chi connectivity index (χ2v) is 10.1. The number of nitrogens with zero attached hydrogens (tertiary/aromatic N) is 5. The molecule has 1 N–H and O–H groups in total. The molecule has 0 bridgehead atoms. The lowest BCUT2D eigenvalue weighted by Gasteiger charge is -2.24. The molecule has 0 atom stereocenters. The topological polar surface area (TPSA) is 119 Å². The molecule has 0 spiro atoms. The average Bonchev–Trinajstić information content (AvgIpc) is 3.18. The third-order valence-electron chi connectivity index (χ3n) is 4.87. The summed E-state index contributed by atoms with van der Waals surface area (Å²) in [5, 5.41) is 2.73. The summed E-state index contributed by atoms with van der Waals surface area (Å²) < 4.78 is 53.2. The minimum Gasteiger partial charge on any atom is -0.476 e. The van der Waals surface area contributed by atoms with Crippen molar-refractivity contribution in [2.24, 2.45) is 0 Å². The fourth-order valence-corrected chi connectivity index (χ4v) is 3.92. The van der Waals surface area contributed by atoms with Crippen LogP contribution in [0.5, 0.6) is 5.88 Å². The maximum atomic E-state index is 12.9. The molecule has 2 amide bonds. The molecule has 3 aromatic heterocycles. The number of aryl methyl sites for hydroxylation is 1. The van der Waals surface area contributed by atoms with Crippen LogP contribution in [0.25, 0.3) is 0 Å². The maximum Gasteiger partial charge on any atom is 0.434 e. The van der Waals surface area contributed by atoms with Gasteiger partial charge in [-0.15, -0.1) is 0 Å². The van der Waals surface area contributed by atoms with Crippen LogP contribution in [0.15, 0.2) is 30.7 Å². The van der Waals surface area contributed by atoms with Gasteiger partial charge in [-0.3, -0.25) is 9.78 Å². The quantitative estimate of drug-likeness (QED) is 0.426. The lowest BCUT2D eigenvalue weighted by molar-refractivity contribution is -0.141. The summed E-state index contributed by atoms with van der Waals surface area (Å²) in [5.41, 5.74) is -0.223. The van der Waals surface area contributed by atoms with Crippen molar-refractivity contribution in [2.75, 3.05) is 25.5 Å². The van der Waals surface area contributed by atoms with E-state index in [0.29, 0.717) is 33.9 Å². The van der Waals surface area contributed by atoms with Gasteiger partial charge in [0.1, 0.15) is 12.2 Å². The summed E-state index contributed by atoms with van der Waals surface area (Å²) in [6, 6.07) is 3.18. The Balaban J connectivity index is 1.57. The molecule has 0 unspecified atom stereocenters. The van der Waals surface area contributed by atoms with Crippen LogP contribution < -0.4 is 10.1 Å². The van der Waals surface area contributed by atoms with Crippen LogP contribution in [0.3, 0.4) is 0 Å². The van der Waals surface area contributed by atoms with Gasteiger partial charge in [-0.25, -0.2) is 14.8 Å². The van der Waals surface area contributed by atoms with Crippen molar-refractivity contribution in [3.05, 3.63) is 58.2 Å². The monoisotopic (exact) mass is 552 g/mol. The summed E-state index contributed by atoms with van der Waals surface area (Å²) in [5.74, 6) is -0.142. The van der Waals surface area contributed by atoms with Crippen molar-refractivity contribution in [1.29, 1.82) is 0 Å². The third kappa shape index (κ3) is 8.10. The molecule has 3 rings (SSSR count). The zero-order chi connectivity index (χ0) is 28.1. The van der Waals surface area contributed by atoms with Crippen LogP contribution in [0.4, 0.5) is 23.7 Å². The highest BCUT2D eigenvalue weighted by Gasteiger charge is 2.32. The highest BCUT2D eigenvalue weighted by Crippen LogP contribution is 2.27. The lowest BCUT2D eigenvalue weighted by Crippen LogP contribution is -2.36. The first kappa shape index (κ1) is 28.8.